The lowest BCUT2D eigenvalue weighted by atomic mass is 9.97. The first-order valence-corrected chi connectivity index (χ1v) is 10.1. The first kappa shape index (κ1) is 19.4. The number of nitrogens with zero attached hydrogens (tertiary/aromatic N) is 1. The molecule has 0 aromatic heterocycles. The van der Waals surface area contributed by atoms with Crippen molar-refractivity contribution in [1.29, 1.82) is 0 Å². The van der Waals surface area contributed by atoms with Gasteiger partial charge in [0.25, 0.3) is 0 Å². The Kier molecular flexibility index (Phi) is 5.95. The van der Waals surface area contributed by atoms with E-state index >= 15 is 0 Å². The Bertz CT molecular complexity index is 809. The molecule has 1 aliphatic heterocycles. The number of quaternary nitrogens is 1. The average Bonchev–Trinajstić information content (AvgIpc) is 2.55. The zero-order valence-electron chi connectivity index (χ0n) is 12.8. The summed E-state index contributed by atoms with van der Waals surface area (Å²) < 4.78 is -0.551. The normalized spacial score (nSPS) is 18.2. The van der Waals surface area contributed by atoms with Crippen molar-refractivity contribution in [3.8, 4) is 0 Å². The Morgan fingerprint density at radius 1 is 1.20 bits per heavy atom. The fraction of sp³-hybridized carbons (Fsp3) is 0.176. The fourth-order valence-electron chi connectivity index (χ4n) is 2.89. The Labute approximate surface area is 176 Å². The third-order valence-corrected chi connectivity index (χ3v) is 5.69. The zero-order chi connectivity index (χ0) is 18.2. The minimum Gasteiger partial charge on any atom is -0.595 e. The smallest absolute Gasteiger partial charge is 0.164 e. The highest BCUT2D eigenvalue weighted by Crippen LogP contribution is 2.51. The largest absolute Gasteiger partial charge is 0.595 e. The molecule has 8 heteroatoms. The molecule has 2 unspecified atom stereocenters. The topological polar surface area (TPSA) is 51.0 Å². The lowest BCUT2D eigenvalue weighted by molar-refractivity contribution is -0.991. The molecule has 1 heterocycles. The summed E-state index contributed by atoms with van der Waals surface area (Å²) in [4.78, 5) is 2.10. The molecule has 2 aromatic carbocycles. The van der Waals surface area contributed by atoms with Crippen molar-refractivity contribution < 1.29 is 10.4 Å². The van der Waals surface area contributed by atoms with Gasteiger partial charge in [-0.3, -0.25) is 0 Å². The predicted molar refractivity (Wildman–Crippen MR) is 111 cm³/mol. The van der Waals surface area contributed by atoms with Gasteiger partial charge in [-0.25, -0.2) is 5.21 Å². The summed E-state index contributed by atoms with van der Waals surface area (Å²) >= 11 is 17.3. The number of rotatable bonds is 3. The maximum atomic E-state index is 11.3. The summed E-state index contributed by atoms with van der Waals surface area (Å²) in [6.07, 6.45) is 4.04. The Morgan fingerprint density at radius 3 is 2.60 bits per heavy atom. The van der Waals surface area contributed by atoms with E-state index in [0.29, 0.717) is 11.6 Å². The van der Waals surface area contributed by atoms with Crippen LogP contribution in [0.5, 0.6) is 0 Å². The van der Waals surface area contributed by atoms with Crippen LogP contribution in [0.3, 0.4) is 0 Å². The van der Waals surface area contributed by atoms with Gasteiger partial charge in [-0.2, -0.15) is 5.23 Å². The van der Waals surface area contributed by atoms with E-state index in [1.807, 2.05) is 24.4 Å². The van der Waals surface area contributed by atoms with E-state index in [0.717, 1.165) is 16.7 Å². The van der Waals surface area contributed by atoms with Gasteiger partial charge in [0, 0.05) is 29.9 Å². The number of halogens is 4. The van der Waals surface area contributed by atoms with E-state index < -0.39 is 7.37 Å². The van der Waals surface area contributed by atoms with Crippen LogP contribution in [0.2, 0.25) is 5.02 Å². The molecule has 0 aliphatic carbocycles. The molecule has 2 N–H and O–H groups in total. The summed E-state index contributed by atoms with van der Waals surface area (Å²) in [7, 11) is 0. The summed E-state index contributed by atoms with van der Waals surface area (Å²) in [5.41, 5.74) is 3.26. The van der Waals surface area contributed by atoms with Gasteiger partial charge in [0.2, 0.25) is 0 Å². The van der Waals surface area contributed by atoms with Crippen LogP contribution in [0.25, 0.3) is 6.08 Å². The molecular weight excluding hydrogens is 539 g/mol. The molecule has 2 atom stereocenters. The van der Waals surface area contributed by atoms with Crippen LogP contribution in [0, 0.1) is 5.21 Å². The predicted octanol–water partition coefficient (Wildman–Crippen LogP) is 5.11. The van der Waals surface area contributed by atoms with Crippen LogP contribution < -0.4 is 5.23 Å². The maximum absolute atomic E-state index is 11.3. The van der Waals surface area contributed by atoms with E-state index in [-0.39, 0.29) is 11.7 Å². The standard InChI is InChI=1S/C17H14Br3ClN2O2/c18-17(19,20)16-14-4-2-1-3-11(14)7-8-22(16)10-12-9-13(23(24)25)5-6-15(12)21/h1-9,16,23-24H,10H2. The first-order chi connectivity index (χ1) is 11.8. The highest BCUT2D eigenvalue weighted by atomic mass is 80.0. The van der Waals surface area contributed by atoms with Crippen LogP contribution in [-0.4, -0.2) is 12.2 Å². The van der Waals surface area contributed by atoms with Gasteiger partial charge in [-0.1, -0.05) is 83.7 Å². The molecule has 0 radical (unpaired) electrons. The van der Waals surface area contributed by atoms with E-state index in [1.54, 1.807) is 12.1 Å². The van der Waals surface area contributed by atoms with Gasteiger partial charge in [-0.15, -0.1) is 0 Å². The molecule has 0 saturated heterocycles. The maximum Gasteiger partial charge on any atom is 0.164 e. The summed E-state index contributed by atoms with van der Waals surface area (Å²) in [6.45, 7) is 0.472. The second kappa shape index (κ2) is 7.68. The molecule has 0 bridgehead atoms. The lowest BCUT2D eigenvalue weighted by Gasteiger charge is -2.39. The number of nitrogens with one attached hydrogen (secondary N) is 1. The van der Waals surface area contributed by atoms with Crippen molar-refractivity contribution in [2.24, 2.45) is 0 Å². The van der Waals surface area contributed by atoms with Crippen molar-refractivity contribution in [3.05, 3.63) is 75.6 Å². The van der Waals surface area contributed by atoms with E-state index in [9.17, 15) is 10.4 Å². The van der Waals surface area contributed by atoms with Gasteiger partial charge in [0.05, 0.1) is 6.04 Å². The Balaban J connectivity index is 1.99. The first-order valence-electron chi connectivity index (χ1n) is 7.38. The zero-order valence-corrected chi connectivity index (χ0v) is 18.3. The monoisotopic (exact) mass is 550 g/mol. The number of hydrogen-bond donors (Lipinski definition) is 2. The fourth-order valence-corrected chi connectivity index (χ4v) is 4.59. The number of alkyl halides is 3. The van der Waals surface area contributed by atoms with Gasteiger partial charge < -0.3 is 10.1 Å². The quantitative estimate of drug-likeness (QED) is 0.411. The highest BCUT2D eigenvalue weighted by molar-refractivity contribution is 9.39. The molecule has 3 rings (SSSR count). The second-order valence-corrected chi connectivity index (χ2v) is 13.0. The van der Waals surface area contributed by atoms with Crippen molar-refractivity contribution >= 4 is 71.2 Å². The van der Waals surface area contributed by atoms with E-state index in [1.165, 1.54) is 6.07 Å². The average molecular weight is 553 g/mol. The Morgan fingerprint density at radius 2 is 1.92 bits per heavy atom. The SMILES string of the molecule is [O-][NH+](O)c1ccc(Cl)c(CN2C=Cc3ccccc3C2C(Br)(Br)Br)c1. The third-order valence-electron chi connectivity index (χ3n) is 4.02. The minimum absolute atomic E-state index is 0.0711. The highest BCUT2D eigenvalue weighted by Gasteiger charge is 2.38. The van der Waals surface area contributed by atoms with E-state index in [4.69, 9.17) is 11.6 Å². The summed E-state index contributed by atoms with van der Waals surface area (Å²) in [5, 5.41) is 20.0. The summed E-state index contributed by atoms with van der Waals surface area (Å²) in [6, 6.07) is 12.8. The van der Waals surface area contributed by atoms with Crippen molar-refractivity contribution in [2.75, 3.05) is 0 Å². The number of hydrogen-bond acceptors (Lipinski definition) is 3. The van der Waals surface area contributed by atoms with Crippen molar-refractivity contribution in [2.45, 2.75) is 14.7 Å². The second-order valence-electron chi connectivity index (χ2n) is 5.67. The van der Waals surface area contributed by atoms with Crippen LogP contribution in [-0.2, 0) is 6.54 Å². The van der Waals surface area contributed by atoms with Crippen LogP contribution in [0.15, 0.2) is 48.7 Å². The van der Waals surface area contributed by atoms with Crippen LogP contribution >= 0.6 is 59.4 Å². The van der Waals surface area contributed by atoms with Crippen molar-refractivity contribution in [1.82, 2.24) is 4.90 Å². The molecule has 132 valence electrons. The molecule has 0 fully saturated rings. The van der Waals surface area contributed by atoms with Crippen LogP contribution in [0.4, 0.5) is 5.69 Å². The Hall–Kier alpha value is -0.410. The molecule has 0 amide bonds. The number of benzene rings is 2. The van der Waals surface area contributed by atoms with Gasteiger partial charge in [0.1, 0.15) is 0 Å². The van der Waals surface area contributed by atoms with E-state index in [2.05, 4.69) is 64.8 Å². The molecule has 0 spiro atoms. The molecule has 1 aliphatic rings. The van der Waals surface area contributed by atoms with Crippen LogP contribution in [0.1, 0.15) is 22.7 Å². The molecular formula is C17H14Br3ClN2O2. The van der Waals surface area contributed by atoms with Crippen molar-refractivity contribution in [3.63, 3.8) is 0 Å². The summed E-state index contributed by atoms with van der Waals surface area (Å²) in [5.74, 6) is 0. The molecule has 25 heavy (non-hydrogen) atoms. The molecule has 2 aromatic rings. The minimum atomic E-state index is -0.968. The third kappa shape index (κ3) is 4.30. The molecule has 4 nitrogen and oxygen atoms in total. The molecule has 0 saturated carbocycles. The lowest BCUT2D eigenvalue weighted by Crippen LogP contribution is -2.99. The van der Waals surface area contributed by atoms with Gasteiger partial charge in [0.15, 0.2) is 7.83 Å². The van der Waals surface area contributed by atoms with Gasteiger partial charge in [-0.05, 0) is 28.8 Å². The van der Waals surface area contributed by atoms with Gasteiger partial charge >= 0.3 is 0 Å². The number of fused-ring (bicyclic) bond motifs is 1.